The molecule has 4 nitrogen and oxygen atoms in total. The summed E-state index contributed by atoms with van der Waals surface area (Å²) in [5, 5.41) is 18.0. The molecule has 0 saturated heterocycles. The molecule has 0 unspecified atom stereocenters. The van der Waals surface area contributed by atoms with Gasteiger partial charge in [-0.05, 0) is 32.0 Å². The summed E-state index contributed by atoms with van der Waals surface area (Å²) in [4.78, 5) is 13.8. The average molecular weight is 279 g/mol. The molecule has 0 heterocycles. The van der Waals surface area contributed by atoms with Crippen LogP contribution in [0.2, 0.25) is 0 Å². The van der Waals surface area contributed by atoms with Crippen molar-refractivity contribution >= 4 is 5.91 Å². The van der Waals surface area contributed by atoms with E-state index in [1.807, 2.05) is 0 Å². The van der Waals surface area contributed by atoms with Crippen LogP contribution in [-0.4, -0.2) is 46.8 Å². The van der Waals surface area contributed by atoms with Crippen molar-refractivity contribution in [2.75, 3.05) is 20.3 Å². The Balaban J connectivity index is 3.22. The highest BCUT2D eigenvalue weighted by Gasteiger charge is 2.28. The number of rotatable bonds is 3. The highest BCUT2D eigenvalue weighted by molar-refractivity contribution is 5.97. The van der Waals surface area contributed by atoms with Crippen molar-refractivity contribution in [3.05, 3.63) is 35.1 Å². The van der Waals surface area contributed by atoms with Crippen LogP contribution in [-0.2, 0) is 0 Å². The summed E-state index contributed by atoms with van der Waals surface area (Å²) in [7, 11) is 1.56. The fourth-order valence-corrected chi connectivity index (χ4v) is 1.50. The van der Waals surface area contributed by atoms with Crippen molar-refractivity contribution < 1.29 is 19.4 Å². The molecular formula is C15H18FNO3. The number of halogens is 1. The molecule has 20 heavy (non-hydrogen) atoms. The number of amides is 1. The molecule has 1 aromatic carbocycles. The van der Waals surface area contributed by atoms with E-state index >= 15 is 0 Å². The second kappa shape index (κ2) is 6.51. The van der Waals surface area contributed by atoms with Crippen LogP contribution in [0, 0.1) is 17.7 Å². The van der Waals surface area contributed by atoms with Crippen molar-refractivity contribution in [2.24, 2.45) is 0 Å². The third-order valence-corrected chi connectivity index (χ3v) is 3.11. The predicted octanol–water partition coefficient (Wildman–Crippen LogP) is 1.01. The largest absolute Gasteiger partial charge is 0.394 e. The molecule has 0 aliphatic rings. The molecule has 0 spiro atoms. The topological polar surface area (TPSA) is 60.8 Å². The predicted molar refractivity (Wildman–Crippen MR) is 73.6 cm³/mol. The van der Waals surface area contributed by atoms with Gasteiger partial charge >= 0.3 is 0 Å². The molecule has 0 bridgehead atoms. The van der Waals surface area contributed by atoms with E-state index < -0.39 is 11.4 Å². The Kier molecular flexibility index (Phi) is 5.26. The molecule has 0 atom stereocenters. The Labute approximate surface area is 117 Å². The molecule has 108 valence electrons. The molecule has 1 aromatic rings. The maximum atomic E-state index is 13.2. The summed E-state index contributed by atoms with van der Waals surface area (Å²) in [6.45, 7) is 2.86. The van der Waals surface area contributed by atoms with Gasteiger partial charge in [0.2, 0.25) is 0 Å². The minimum atomic E-state index is -0.743. The van der Waals surface area contributed by atoms with Gasteiger partial charge in [0, 0.05) is 12.6 Å². The number of carbonyl (C=O) groups is 1. The van der Waals surface area contributed by atoms with Gasteiger partial charge in [0.05, 0.1) is 17.7 Å². The van der Waals surface area contributed by atoms with E-state index in [0.717, 1.165) is 6.07 Å². The van der Waals surface area contributed by atoms with Crippen LogP contribution in [0.5, 0.6) is 0 Å². The van der Waals surface area contributed by atoms with Gasteiger partial charge in [-0.2, -0.15) is 0 Å². The summed E-state index contributed by atoms with van der Waals surface area (Å²) < 4.78 is 13.2. The minimum Gasteiger partial charge on any atom is -0.394 e. The molecule has 5 heteroatoms. The van der Waals surface area contributed by atoms with Crippen LogP contribution < -0.4 is 0 Å². The number of carbonyl (C=O) groups excluding carboxylic acids is 1. The van der Waals surface area contributed by atoms with Gasteiger partial charge in [-0.15, -0.1) is 0 Å². The summed E-state index contributed by atoms with van der Waals surface area (Å²) in [6.07, 6.45) is 0. The number of hydrogen-bond acceptors (Lipinski definition) is 3. The van der Waals surface area contributed by atoms with Crippen LogP contribution >= 0.6 is 0 Å². The van der Waals surface area contributed by atoms with Crippen LogP contribution in [0.25, 0.3) is 0 Å². The lowest BCUT2D eigenvalue weighted by atomic mass is 10.0. The zero-order valence-corrected chi connectivity index (χ0v) is 11.8. The minimum absolute atomic E-state index is 0.200. The molecule has 0 aromatic heterocycles. The molecular weight excluding hydrogens is 261 g/mol. The van der Waals surface area contributed by atoms with E-state index in [2.05, 4.69) is 11.8 Å². The van der Waals surface area contributed by atoms with Crippen molar-refractivity contribution in [2.45, 2.75) is 19.4 Å². The Morgan fingerprint density at radius 2 is 2.05 bits per heavy atom. The molecule has 1 rings (SSSR count). The van der Waals surface area contributed by atoms with Gasteiger partial charge < -0.3 is 15.1 Å². The first kappa shape index (κ1) is 16.2. The van der Waals surface area contributed by atoms with Crippen LogP contribution in [0.1, 0.15) is 29.8 Å². The quantitative estimate of drug-likeness (QED) is 0.812. The lowest BCUT2D eigenvalue weighted by Crippen LogP contribution is -2.47. The van der Waals surface area contributed by atoms with Gasteiger partial charge in [-0.1, -0.05) is 11.8 Å². The summed E-state index contributed by atoms with van der Waals surface area (Å²) >= 11 is 0. The number of aliphatic hydroxyl groups excluding tert-OH is 2. The Morgan fingerprint density at radius 3 is 2.60 bits per heavy atom. The Hall–Kier alpha value is -1.90. The summed E-state index contributed by atoms with van der Waals surface area (Å²) in [6, 6.07) is 3.68. The van der Waals surface area contributed by atoms with Crippen LogP contribution in [0.4, 0.5) is 4.39 Å². The molecule has 2 N–H and O–H groups in total. The van der Waals surface area contributed by atoms with Gasteiger partial charge in [0.1, 0.15) is 12.4 Å². The number of likely N-dealkylation sites (N-methyl/N-ethyl adjacent to an activating group) is 1. The number of benzene rings is 1. The van der Waals surface area contributed by atoms with Gasteiger partial charge in [-0.25, -0.2) is 4.39 Å². The van der Waals surface area contributed by atoms with E-state index in [1.165, 1.54) is 17.0 Å². The van der Waals surface area contributed by atoms with Crippen molar-refractivity contribution in [1.29, 1.82) is 0 Å². The number of aliphatic hydroxyl groups is 2. The monoisotopic (exact) mass is 279 g/mol. The summed E-state index contributed by atoms with van der Waals surface area (Å²) in [5.41, 5.74) is -0.298. The summed E-state index contributed by atoms with van der Waals surface area (Å²) in [5.74, 6) is 4.08. The highest BCUT2D eigenvalue weighted by atomic mass is 19.1. The zero-order valence-electron chi connectivity index (χ0n) is 11.8. The third kappa shape index (κ3) is 3.56. The Bertz CT molecular complexity index is 558. The fourth-order valence-electron chi connectivity index (χ4n) is 1.50. The maximum absolute atomic E-state index is 13.2. The molecule has 0 fully saturated rings. The molecule has 0 saturated carbocycles. The normalized spacial score (nSPS) is 10.7. The van der Waals surface area contributed by atoms with E-state index in [9.17, 15) is 14.3 Å². The van der Waals surface area contributed by atoms with Crippen molar-refractivity contribution in [1.82, 2.24) is 4.90 Å². The Morgan fingerprint density at radius 1 is 1.40 bits per heavy atom. The van der Waals surface area contributed by atoms with Crippen LogP contribution in [0.3, 0.4) is 0 Å². The average Bonchev–Trinajstić information content (AvgIpc) is 2.43. The first-order valence-corrected chi connectivity index (χ1v) is 6.12. The van der Waals surface area contributed by atoms with Gasteiger partial charge in [-0.3, -0.25) is 4.79 Å². The first-order chi connectivity index (χ1) is 9.33. The third-order valence-electron chi connectivity index (χ3n) is 3.11. The SMILES string of the molecule is CN(C(=O)c1ccc(F)cc1C#CCO)C(C)(C)CO. The van der Waals surface area contributed by atoms with Crippen LogP contribution in [0.15, 0.2) is 18.2 Å². The fraction of sp³-hybridized carbons (Fsp3) is 0.400. The van der Waals surface area contributed by atoms with E-state index in [4.69, 9.17) is 5.11 Å². The van der Waals surface area contributed by atoms with E-state index in [0.29, 0.717) is 0 Å². The van der Waals surface area contributed by atoms with E-state index in [1.54, 1.807) is 20.9 Å². The number of hydrogen-bond donors (Lipinski definition) is 2. The number of nitrogens with zero attached hydrogens (tertiary/aromatic N) is 1. The second-order valence-corrected chi connectivity index (χ2v) is 4.98. The van der Waals surface area contributed by atoms with Gasteiger partial charge in [0.15, 0.2) is 0 Å². The van der Waals surface area contributed by atoms with Gasteiger partial charge in [0.25, 0.3) is 5.91 Å². The van der Waals surface area contributed by atoms with Crippen molar-refractivity contribution in [3.8, 4) is 11.8 Å². The van der Waals surface area contributed by atoms with E-state index in [-0.39, 0.29) is 30.2 Å². The molecule has 0 aliphatic carbocycles. The lowest BCUT2D eigenvalue weighted by molar-refractivity contribution is 0.0473. The zero-order chi connectivity index (χ0) is 15.3. The first-order valence-electron chi connectivity index (χ1n) is 6.12. The second-order valence-electron chi connectivity index (χ2n) is 4.98. The van der Waals surface area contributed by atoms with Crippen molar-refractivity contribution in [3.63, 3.8) is 0 Å². The lowest BCUT2D eigenvalue weighted by Gasteiger charge is -2.34. The molecule has 0 aliphatic heterocycles. The standard InChI is InChI=1S/C15H18FNO3/c1-15(2,10-19)17(3)14(20)13-7-6-12(16)9-11(13)5-4-8-18/h6-7,9,18-19H,8,10H2,1-3H3. The maximum Gasteiger partial charge on any atom is 0.255 e. The molecule has 1 amide bonds. The molecule has 0 radical (unpaired) electrons. The smallest absolute Gasteiger partial charge is 0.255 e. The highest BCUT2D eigenvalue weighted by Crippen LogP contribution is 2.18.